The summed E-state index contributed by atoms with van der Waals surface area (Å²) in [6.07, 6.45) is 0. The normalized spacial score (nSPS) is 10.3. The smallest absolute Gasteiger partial charge is 0.256 e. The molecule has 0 radical (unpaired) electrons. The van der Waals surface area contributed by atoms with Crippen LogP contribution in [-0.4, -0.2) is 27.8 Å². The minimum Gasteiger partial charge on any atom is -0.325 e. The first-order valence-corrected chi connectivity index (χ1v) is 9.76. The van der Waals surface area contributed by atoms with E-state index in [1.54, 1.807) is 36.4 Å². The van der Waals surface area contributed by atoms with Gasteiger partial charge in [-0.15, -0.1) is 10.2 Å². The molecule has 8 heteroatoms. The highest BCUT2D eigenvalue weighted by Crippen LogP contribution is 2.18. The number of benzene rings is 2. The lowest BCUT2D eigenvalue weighted by Crippen LogP contribution is -2.14. The van der Waals surface area contributed by atoms with Gasteiger partial charge in [-0.2, -0.15) is 0 Å². The standard InChI is InChI=1S/C19H15BrN4O2S/c20-14-6-8-15(9-7-14)21-17(25)12-27-18-11-10-16(23-24-18)22-19(26)13-4-2-1-3-5-13/h1-11H,12H2,(H,21,25)(H,22,23,26). The molecule has 136 valence electrons. The molecular formula is C19H15BrN4O2S. The van der Waals surface area contributed by atoms with Crippen molar-refractivity contribution in [3.8, 4) is 0 Å². The second-order valence-electron chi connectivity index (χ2n) is 5.42. The summed E-state index contributed by atoms with van der Waals surface area (Å²) in [7, 11) is 0. The molecule has 0 bridgehead atoms. The number of thioether (sulfide) groups is 1. The molecule has 3 aromatic rings. The fourth-order valence-electron chi connectivity index (χ4n) is 2.11. The van der Waals surface area contributed by atoms with E-state index in [1.165, 1.54) is 11.8 Å². The molecular weight excluding hydrogens is 428 g/mol. The third kappa shape index (κ3) is 5.90. The van der Waals surface area contributed by atoms with E-state index < -0.39 is 0 Å². The molecule has 0 aliphatic rings. The van der Waals surface area contributed by atoms with Crippen LogP contribution in [0.3, 0.4) is 0 Å². The Bertz CT molecular complexity index is 919. The molecule has 0 spiro atoms. The SMILES string of the molecule is O=C(CSc1ccc(NC(=O)c2ccccc2)nn1)Nc1ccc(Br)cc1. The molecule has 3 rings (SSSR count). The number of carbonyl (C=O) groups excluding carboxylic acids is 2. The quantitative estimate of drug-likeness (QED) is 0.558. The zero-order chi connectivity index (χ0) is 19.1. The van der Waals surface area contributed by atoms with E-state index in [0.29, 0.717) is 16.4 Å². The number of anilines is 2. The second-order valence-corrected chi connectivity index (χ2v) is 7.33. The summed E-state index contributed by atoms with van der Waals surface area (Å²) in [5, 5.41) is 14.1. The minimum absolute atomic E-state index is 0.134. The molecule has 0 atom stereocenters. The predicted molar refractivity (Wildman–Crippen MR) is 110 cm³/mol. The number of aromatic nitrogens is 2. The molecule has 0 unspecified atom stereocenters. The van der Waals surface area contributed by atoms with Crippen molar-refractivity contribution in [3.63, 3.8) is 0 Å². The summed E-state index contributed by atoms with van der Waals surface area (Å²) >= 11 is 4.62. The summed E-state index contributed by atoms with van der Waals surface area (Å²) in [5.41, 5.74) is 1.27. The first kappa shape index (κ1) is 19.1. The van der Waals surface area contributed by atoms with Gasteiger partial charge in [-0.1, -0.05) is 45.9 Å². The molecule has 1 heterocycles. The van der Waals surface area contributed by atoms with Gasteiger partial charge in [0.1, 0.15) is 5.03 Å². The Hall–Kier alpha value is -2.71. The Morgan fingerprint density at radius 3 is 2.30 bits per heavy atom. The highest BCUT2D eigenvalue weighted by molar-refractivity contribution is 9.10. The maximum Gasteiger partial charge on any atom is 0.256 e. The summed E-state index contributed by atoms with van der Waals surface area (Å²) in [6.45, 7) is 0. The van der Waals surface area contributed by atoms with Crippen LogP contribution in [0.25, 0.3) is 0 Å². The fourth-order valence-corrected chi connectivity index (χ4v) is 2.99. The highest BCUT2D eigenvalue weighted by atomic mass is 79.9. The van der Waals surface area contributed by atoms with Crippen LogP contribution in [0.5, 0.6) is 0 Å². The summed E-state index contributed by atoms with van der Waals surface area (Å²) < 4.78 is 0.949. The largest absolute Gasteiger partial charge is 0.325 e. The molecule has 2 aromatic carbocycles. The van der Waals surface area contributed by atoms with E-state index in [-0.39, 0.29) is 17.6 Å². The third-order valence-electron chi connectivity index (χ3n) is 3.40. The number of carbonyl (C=O) groups is 2. The van der Waals surface area contributed by atoms with Crippen LogP contribution >= 0.6 is 27.7 Å². The van der Waals surface area contributed by atoms with E-state index in [1.807, 2.05) is 30.3 Å². The van der Waals surface area contributed by atoms with Crippen LogP contribution in [0.4, 0.5) is 11.5 Å². The molecule has 0 saturated heterocycles. The molecule has 1 aromatic heterocycles. The Morgan fingerprint density at radius 1 is 0.889 bits per heavy atom. The zero-order valence-corrected chi connectivity index (χ0v) is 16.5. The Balaban J connectivity index is 1.49. The Morgan fingerprint density at radius 2 is 1.63 bits per heavy atom. The van der Waals surface area contributed by atoms with Crippen LogP contribution in [0, 0.1) is 0 Å². The topological polar surface area (TPSA) is 84.0 Å². The average molecular weight is 443 g/mol. The lowest BCUT2D eigenvalue weighted by molar-refractivity contribution is -0.113. The van der Waals surface area contributed by atoms with Crippen LogP contribution in [-0.2, 0) is 4.79 Å². The van der Waals surface area contributed by atoms with Gasteiger partial charge >= 0.3 is 0 Å². The van der Waals surface area contributed by atoms with Gasteiger partial charge in [0.05, 0.1) is 5.75 Å². The molecule has 2 N–H and O–H groups in total. The van der Waals surface area contributed by atoms with Crippen molar-refractivity contribution in [2.24, 2.45) is 0 Å². The van der Waals surface area contributed by atoms with E-state index >= 15 is 0 Å². The van der Waals surface area contributed by atoms with Crippen LogP contribution in [0.15, 0.2) is 76.2 Å². The molecule has 0 aliphatic carbocycles. The van der Waals surface area contributed by atoms with Gasteiger partial charge in [0.25, 0.3) is 5.91 Å². The van der Waals surface area contributed by atoms with Crippen molar-refractivity contribution in [3.05, 3.63) is 76.8 Å². The molecule has 0 saturated carbocycles. The van der Waals surface area contributed by atoms with E-state index in [2.05, 4.69) is 36.8 Å². The third-order valence-corrected chi connectivity index (χ3v) is 4.85. The maximum atomic E-state index is 12.1. The van der Waals surface area contributed by atoms with Gasteiger partial charge < -0.3 is 10.6 Å². The van der Waals surface area contributed by atoms with Crippen LogP contribution in [0.1, 0.15) is 10.4 Å². The number of nitrogens with zero attached hydrogens (tertiary/aromatic N) is 2. The highest BCUT2D eigenvalue weighted by Gasteiger charge is 2.08. The van der Waals surface area contributed by atoms with E-state index in [0.717, 1.165) is 10.2 Å². The summed E-state index contributed by atoms with van der Waals surface area (Å²) in [4.78, 5) is 24.1. The molecule has 0 aliphatic heterocycles. The van der Waals surface area contributed by atoms with Crippen molar-refractivity contribution in [2.75, 3.05) is 16.4 Å². The molecule has 27 heavy (non-hydrogen) atoms. The number of halogens is 1. The second kappa shape index (κ2) is 9.29. The van der Waals surface area contributed by atoms with Crippen molar-refractivity contribution >= 4 is 51.0 Å². The van der Waals surface area contributed by atoms with Gasteiger partial charge in [-0.05, 0) is 48.5 Å². The van der Waals surface area contributed by atoms with E-state index in [9.17, 15) is 9.59 Å². The average Bonchev–Trinajstić information content (AvgIpc) is 2.70. The summed E-state index contributed by atoms with van der Waals surface area (Å²) in [5.74, 6) is 0.178. The van der Waals surface area contributed by atoms with Crippen molar-refractivity contribution in [1.29, 1.82) is 0 Å². The number of hydrogen-bond acceptors (Lipinski definition) is 5. The number of amides is 2. The zero-order valence-electron chi connectivity index (χ0n) is 14.1. The van der Waals surface area contributed by atoms with Gasteiger partial charge in [0, 0.05) is 15.7 Å². The number of nitrogens with one attached hydrogen (secondary N) is 2. The lowest BCUT2D eigenvalue weighted by Gasteiger charge is -2.06. The van der Waals surface area contributed by atoms with Gasteiger partial charge in [-0.25, -0.2) is 0 Å². The predicted octanol–water partition coefficient (Wildman–Crippen LogP) is 4.22. The first-order chi connectivity index (χ1) is 13.1. The Labute approximate surface area is 168 Å². The number of hydrogen-bond donors (Lipinski definition) is 2. The number of rotatable bonds is 6. The Kier molecular flexibility index (Phi) is 6.56. The van der Waals surface area contributed by atoms with Gasteiger partial charge in [-0.3, -0.25) is 9.59 Å². The maximum absolute atomic E-state index is 12.1. The van der Waals surface area contributed by atoms with Crippen molar-refractivity contribution < 1.29 is 9.59 Å². The van der Waals surface area contributed by atoms with Crippen LogP contribution in [0.2, 0.25) is 0 Å². The molecule has 0 fully saturated rings. The summed E-state index contributed by atoms with van der Waals surface area (Å²) in [6, 6.07) is 19.6. The van der Waals surface area contributed by atoms with Crippen molar-refractivity contribution in [2.45, 2.75) is 5.03 Å². The van der Waals surface area contributed by atoms with Crippen LogP contribution < -0.4 is 10.6 Å². The van der Waals surface area contributed by atoms with Gasteiger partial charge in [0.2, 0.25) is 5.91 Å². The van der Waals surface area contributed by atoms with Gasteiger partial charge in [0.15, 0.2) is 5.82 Å². The molecule has 6 nitrogen and oxygen atoms in total. The molecule has 2 amide bonds. The van der Waals surface area contributed by atoms with Crippen molar-refractivity contribution in [1.82, 2.24) is 10.2 Å². The first-order valence-electron chi connectivity index (χ1n) is 7.98. The lowest BCUT2D eigenvalue weighted by atomic mass is 10.2. The van der Waals surface area contributed by atoms with E-state index in [4.69, 9.17) is 0 Å². The fraction of sp³-hybridized carbons (Fsp3) is 0.0526. The minimum atomic E-state index is -0.251. The monoisotopic (exact) mass is 442 g/mol.